The Morgan fingerprint density at radius 2 is 1.03 bits per heavy atom. The first-order chi connectivity index (χ1) is 13.1. The van der Waals surface area contributed by atoms with E-state index in [9.17, 15) is 40.9 Å². The van der Waals surface area contributed by atoms with Crippen molar-refractivity contribution in [1.82, 2.24) is 10.2 Å². The molecule has 1 aliphatic heterocycles. The molecule has 14 heteroatoms. The number of nitrogens with zero attached hydrogens (tertiary/aromatic N) is 1. The van der Waals surface area contributed by atoms with Crippen LogP contribution in [0.15, 0.2) is 0 Å². The third kappa shape index (κ3) is 9.30. The maximum Gasteiger partial charge on any atom is 0.111 e. The van der Waals surface area contributed by atoms with Gasteiger partial charge in [0.25, 0.3) is 0 Å². The summed E-state index contributed by atoms with van der Waals surface area (Å²) in [5.74, 6) is 0. The van der Waals surface area contributed by atoms with Crippen LogP contribution >= 0.6 is 24.8 Å². The first kappa shape index (κ1) is 32.3. The Bertz CT molecular complexity index is 409. The van der Waals surface area contributed by atoms with Gasteiger partial charge in [0.05, 0.1) is 25.4 Å². The average molecular weight is 487 g/mol. The van der Waals surface area contributed by atoms with Crippen molar-refractivity contribution < 1.29 is 51.1 Å². The number of hydrogen-bond acceptors (Lipinski definition) is 12. The third-order valence-electron chi connectivity index (χ3n) is 5.04. The Morgan fingerprint density at radius 3 is 1.33 bits per heavy atom. The van der Waals surface area contributed by atoms with Crippen molar-refractivity contribution in [2.75, 3.05) is 39.4 Å². The summed E-state index contributed by atoms with van der Waals surface area (Å²) in [6, 6.07) is -0.191. The first-order valence-electron chi connectivity index (χ1n) is 9.25. The molecule has 9 atom stereocenters. The highest BCUT2D eigenvalue weighted by Crippen LogP contribution is 2.15. The molecule has 0 aromatic heterocycles. The van der Waals surface area contributed by atoms with Gasteiger partial charge in [0.2, 0.25) is 0 Å². The topological polar surface area (TPSA) is 218 Å². The Hall–Kier alpha value is 0.100. The zero-order valence-electron chi connectivity index (χ0n) is 16.4. The molecule has 12 nitrogen and oxygen atoms in total. The van der Waals surface area contributed by atoms with E-state index in [0.717, 1.165) is 0 Å². The lowest BCUT2D eigenvalue weighted by Crippen LogP contribution is -2.55. The molecule has 0 aromatic carbocycles. The fourth-order valence-electron chi connectivity index (χ4n) is 3.15. The van der Waals surface area contributed by atoms with Crippen molar-refractivity contribution in [2.24, 2.45) is 0 Å². The van der Waals surface area contributed by atoms with Gasteiger partial charge in [-0.25, -0.2) is 0 Å². The molecule has 0 bridgehead atoms. The van der Waals surface area contributed by atoms with Crippen LogP contribution in [0, 0.1) is 0 Å². The van der Waals surface area contributed by atoms with Crippen molar-refractivity contribution in [1.29, 1.82) is 0 Å². The number of halogens is 2. The lowest BCUT2D eigenvalue weighted by Gasteiger charge is -2.36. The van der Waals surface area contributed by atoms with E-state index in [2.05, 4.69) is 5.32 Å². The summed E-state index contributed by atoms with van der Waals surface area (Å²) in [6.45, 7) is -0.948. The van der Waals surface area contributed by atoms with Crippen LogP contribution in [0.4, 0.5) is 0 Å². The number of nitrogens with one attached hydrogen (secondary N) is 1. The Kier molecular flexibility index (Phi) is 17.0. The fraction of sp³-hybridized carbons (Fsp3) is 1.00. The van der Waals surface area contributed by atoms with E-state index in [4.69, 9.17) is 10.2 Å². The molecular formula is C16H36Cl2N2O10. The molecule has 0 amide bonds. The van der Waals surface area contributed by atoms with Crippen LogP contribution in [0.2, 0.25) is 0 Å². The molecule has 184 valence electrons. The minimum absolute atomic E-state index is 0. The molecule has 30 heavy (non-hydrogen) atoms. The number of aliphatic hydroxyl groups is 10. The van der Waals surface area contributed by atoms with Gasteiger partial charge in [-0.1, -0.05) is 0 Å². The van der Waals surface area contributed by atoms with Gasteiger partial charge in [-0.2, -0.15) is 0 Å². The summed E-state index contributed by atoms with van der Waals surface area (Å²) in [6.07, 6.45) is -12.9. The van der Waals surface area contributed by atoms with Crippen molar-refractivity contribution in [3.8, 4) is 0 Å². The zero-order chi connectivity index (χ0) is 21.4. The highest BCUT2D eigenvalue weighted by atomic mass is 35.5. The molecule has 0 aliphatic carbocycles. The number of hydrogen-bond donors (Lipinski definition) is 11. The molecule has 1 saturated heterocycles. The molecule has 0 saturated carbocycles. The largest absolute Gasteiger partial charge is 0.394 e. The molecule has 0 aromatic rings. The molecule has 0 spiro atoms. The second-order valence-corrected chi connectivity index (χ2v) is 7.20. The lowest BCUT2D eigenvalue weighted by molar-refractivity contribution is -0.132. The summed E-state index contributed by atoms with van der Waals surface area (Å²) in [7, 11) is 0. The first-order valence-corrected chi connectivity index (χ1v) is 9.25. The second-order valence-electron chi connectivity index (χ2n) is 7.20. The summed E-state index contributed by atoms with van der Waals surface area (Å²) >= 11 is 0. The fourth-order valence-corrected chi connectivity index (χ4v) is 3.15. The van der Waals surface area contributed by atoms with Gasteiger partial charge in [0, 0.05) is 25.7 Å². The van der Waals surface area contributed by atoms with Crippen LogP contribution in [0.1, 0.15) is 6.42 Å². The minimum atomic E-state index is -1.79. The highest BCUT2D eigenvalue weighted by molar-refractivity contribution is 5.85. The van der Waals surface area contributed by atoms with Crippen molar-refractivity contribution in [3.63, 3.8) is 0 Å². The van der Waals surface area contributed by atoms with Crippen molar-refractivity contribution in [3.05, 3.63) is 0 Å². The van der Waals surface area contributed by atoms with Gasteiger partial charge in [-0.3, -0.25) is 4.90 Å². The predicted molar refractivity (Wildman–Crippen MR) is 110 cm³/mol. The average Bonchev–Trinajstić information content (AvgIpc) is 3.24. The SMILES string of the molecule is Cl.Cl.OCC(O)C(O)C(O)C(O)CN(CC(O)C(O)C(O)C(O)CO)[C@@H]1CCNC1. The molecule has 1 heterocycles. The van der Waals surface area contributed by atoms with Gasteiger partial charge in [0.15, 0.2) is 0 Å². The quantitative estimate of drug-likeness (QED) is 0.117. The molecular weight excluding hydrogens is 451 g/mol. The van der Waals surface area contributed by atoms with E-state index in [-0.39, 0.29) is 43.9 Å². The van der Waals surface area contributed by atoms with Crippen LogP contribution in [0.5, 0.6) is 0 Å². The van der Waals surface area contributed by atoms with Crippen molar-refractivity contribution in [2.45, 2.75) is 61.3 Å². The normalized spacial score (nSPS) is 24.7. The van der Waals surface area contributed by atoms with Gasteiger partial charge in [0.1, 0.15) is 36.6 Å². The smallest absolute Gasteiger partial charge is 0.111 e. The van der Waals surface area contributed by atoms with E-state index >= 15 is 0 Å². The van der Waals surface area contributed by atoms with Crippen LogP contribution in [-0.4, -0.2) is 150 Å². The Balaban J connectivity index is 0. The maximum atomic E-state index is 10.2. The standard InChI is InChI=1S/C16H34N2O10.2ClH/c19-6-11(23)15(27)13(25)9(21)4-18(8-1-2-17-3-8)5-10(22)14(26)16(28)12(24)7-20;;/h8-17,19-28H,1-7H2;2*1H/t8-,9?,10?,11?,12?,13?,14?,15?,16?;;/m1../s1. The monoisotopic (exact) mass is 486 g/mol. The Morgan fingerprint density at radius 1 is 0.667 bits per heavy atom. The molecule has 11 N–H and O–H groups in total. The van der Waals surface area contributed by atoms with E-state index in [0.29, 0.717) is 19.5 Å². The molecule has 8 unspecified atom stereocenters. The Labute approximate surface area is 187 Å². The summed E-state index contributed by atoms with van der Waals surface area (Å²) in [5, 5.41) is 99.5. The highest BCUT2D eigenvalue weighted by Gasteiger charge is 2.36. The minimum Gasteiger partial charge on any atom is -0.394 e. The second kappa shape index (κ2) is 15.8. The van der Waals surface area contributed by atoms with Crippen LogP contribution < -0.4 is 5.32 Å². The summed E-state index contributed by atoms with van der Waals surface area (Å²) in [4.78, 5) is 1.54. The molecule has 1 fully saturated rings. The predicted octanol–water partition coefficient (Wildman–Crippen LogP) is -5.63. The van der Waals surface area contributed by atoms with Gasteiger partial charge >= 0.3 is 0 Å². The zero-order valence-corrected chi connectivity index (χ0v) is 18.0. The van der Waals surface area contributed by atoms with E-state index in [1.165, 1.54) is 4.90 Å². The molecule has 1 aliphatic rings. The van der Waals surface area contributed by atoms with Gasteiger partial charge < -0.3 is 56.4 Å². The maximum absolute atomic E-state index is 10.2. The molecule has 1 rings (SSSR count). The summed E-state index contributed by atoms with van der Waals surface area (Å²) in [5.41, 5.74) is 0. The number of rotatable bonds is 13. The third-order valence-corrected chi connectivity index (χ3v) is 5.04. The van der Waals surface area contributed by atoms with Crippen molar-refractivity contribution >= 4 is 24.8 Å². The van der Waals surface area contributed by atoms with Gasteiger partial charge in [-0.15, -0.1) is 24.8 Å². The van der Waals surface area contributed by atoms with Crippen LogP contribution in [-0.2, 0) is 0 Å². The van der Waals surface area contributed by atoms with Crippen LogP contribution in [0.3, 0.4) is 0 Å². The van der Waals surface area contributed by atoms with Gasteiger partial charge in [-0.05, 0) is 13.0 Å². The van der Waals surface area contributed by atoms with Crippen LogP contribution in [0.25, 0.3) is 0 Å². The summed E-state index contributed by atoms with van der Waals surface area (Å²) < 4.78 is 0. The van der Waals surface area contributed by atoms with E-state index < -0.39 is 62.0 Å². The number of aliphatic hydroxyl groups excluding tert-OH is 10. The lowest BCUT2D eigenvalue weighted by atomic mass is 10.00. The molecule has 0 radical (unpaired) electrons. The van der Waals surface area contributed by atoms with E-state index in [1.54, 1.807) is 0 Å². The van der Waals surface area contributed by atoms with E-state index in [1.807, 2.05) is 0 Å².